The number of aromatic nitrogens is 3. The number of fused-ring (bicyclic) bond motifs is 1. The van der Waals surface area contributed by atoms with Crippen LogP contribution in [-0.4, -0.2) is 15.2 Å². The van der Waals surface area contributed by atoms with Crippen molar-refractivity contribution in [3.05, 3.63) is 30.0 Å². The fourth-order valence-electron chi connectivity index (χ4n) is 2.15. The van der Waals surface area contributed by atoms with Crippen molar-refractivity contribution in [1.29, 1.82) is 0 Å². The number of anilines is 1. The zero-order valence-corrected chi connectivity index (χ0v) is 11.6. The van der Waals surface area contributed by atoms with Crippen molar-refractivity contribution >= 4 is 27.4 Å². The Morgan fingerprint density at radius 3 is 2.95 bits per heavy atom. The minimum atomic E-state index is 0.546. The topological polar surface area (TPSA) is 67.6 Å². The van der Waals surface area contributed by atoms with E-state index >= 15 is 0 Å². The number of aromatic amines is 1. The van der Waals surface area contributed by atoms with E-state index in [1.807, 2.05) is 18.2 Å². The van der Waals surface area contributed by atoms with Crippen LogP contribution in [0.5, 0.6) is 0 Å². The van der Waals surface area contributed by atoms with Crippen LogP contribution in [-0.2, 0) is 6.42 Å². The molecular weight excluding hydrogens is 256 g/mol. The Hall–Kier alpha value is -1.88. The van der Waals surface area contributed by atoms with Gasteiger partial charge < -0.3 is 5.73 Å². The average molecular weight is 272 g/mol. The summed E-state index contributed by atoms with van der Waals surface area (Å²) in [5.41, 5.74) is 9.09. The number of thiazole rings is 1. The Labute approximate surface area is 115 Å². The summed E-state index contributed by atoms with van der Waals surface area (Å²) in [4.78, 5) is 4.66. The molecule has 0 radical (unpaired) electrons. The SMILES string of the molecule is CCCCc1[nH]nc(N)c1-c1nc2ccccc2s1. The van der Waals surface area contributed by atoms with E-state index in [0.717, 1.165) is 41.0 Å². The molecule has 2 aromatic heterocycles. The van der Waals surface area contributed by atoms with Crippen molar-refractivity contribution in [1.82, 2.24) is 15.2 Å². The molecule has 0 aliphatic carbocycles. The third-order valence-electron chi connectivity index (χ3n) is 3.16. The highest BCUT2D eigenvalue weighted by Gasteiger charge is 2.16. The van der Waals surface area contributed by atoms with E-state index in [4.69, 9.17) is 5.73 Å². The summed E-state index contributed by atoms with van der Waals surface area (Å²) in [6.07, 6.45) is 3.24. The first kappa shape index (κ1) is 12.2. The van der Waals surface area contributed by atoms with Crippen LogP contribution in [0.2, 0.25) is 0 Å². The van der Waals surface area contributed by atoms with Crippen molar-refractivity contribution in [2.75, 3.05) is 5.73 Å². The molecule has 0 unspecified atom stereocenters. The van der Waals surface area contributed by atoms with Gasteiger partial charge in [-0.15, -0.1) is 11.3 Å². The van der Waals surface area contributed by atoms with Gasteiger partial charge in [0.15, 0.2) is 5.82 Å². The minimum absolute atomic E-state index is 0.546. The molecule has 0 spiro atoms. The van der Waals surface area contributed by atoms with Crippen molar-refractivity contribution < 1.29 is 0 Å². The summed E-state index contributed by atoms with van der Waals surface area (Å²) in [7, 11) is 0. The predicted octanol–water partition coefficient (Wildman–Crippen LogP) is 3.61. The first-order chi connectivity index (χ1) is 9.29. The van der Waals surface area contributed by atoms with E-state index in [-0.39, 0.29) is 0 Å². The quantitative estimate of drug-likeness (QED) is 0.762. The van der Waals surface area contributed by atoms with Gasteiger partial charge in [-0.05, 0) is 25.0 Å². The summed E-state index contributed by atoms with van der Waals surface area (Å²) >= 11 is 1.67. The van der Waals surface area contributed by atoms with Gasteiger partial charge in [-0.25, -0.2) is 4.98 Å². The predicted molar refractivity (Wildman–Crippen MR) is 80.2 cm³/mol. The second kappa shape index (κ2) is 5.01. The zero-order valence-electron chi connectivity index (χ0n) is 10.8. The normalized spacial score (nSPS) is 11.2. The Balaban J connectivity index is 2.07. The van der Waals surface area contributed by atoms with Gasteiger partial charge in [0.05, 0.1) is 15.8 Å². The Kier molecular flexibility index (Phi) is 3.21. The van der Waals surface area contributed by atoms with Crippen molar-refractivity contribution in [3.8, 4) is 10.6 Å². The second-order valence-electron chi connectivity index (χ2n) is 4.55. The number of H-pyrrole nitrogens is 1. The molecule has 0 aliphatic rings. The standard InChI is InChI=1S/C14H16N4S/c1-2-3-6-10-12(13(15)18-17-10)14-16-9-7-4-5-8-11(9)19-14/h4-5,7-8H,2-3,6H2,1H3,(H3,15,17,18). The Morgan fingerprint density at radius 2 is 2.16 bits per heavy atom. The highest BCUT2D eigenvalue weighted by molar-refractivity contribution is 7.21. The van der Waals surface area contributed by atoms with Crippen molar-refractivity contribution in [3.63, 3.8) is 0 Å². The van der Waals surface area contributed by atoms with Gasteiger partial charge in [-0.1, -0.05) is 25.5 Å². The molecule has 0 atom stereocenters. The van der Waals surface area contributed by atoms with Crippen LogP contribution in [0.15, 0.2) is 24.3 Å². The lowest BCUT2D eigenvalue weighted by Gasteiger charge is -1.99. The third kappa shape index (κ3) is 2.21. The van der Waals surface area contributed by atoms with E-state index in [2.05, 4.69) is 28.2 Å². The molecule has 0 aliphatic heterocycles. The van der Waals surface area contributed by atoms with Crippen LogP contribution in [0.1, 0.15) is 25.5 Å². The molecule has 3 N–H and O–H groups in total. The van der Waals surface area contributed by atoms with Gasteiger partial charge in [0.25, 0.3) is 0 Å². The van der Waals surface area contributed by atoms with Crippen LogP contribution in [0.3, 0.4) is 0 Å². The monoisotopic (exact) mass is 272 g/mol. The summed E-state index contributed by atoms with van der Waals surface area (Å²) in [6, 6.07) is 8.14. The molecule has 19 heavy (non-hydrogen) atoms. The number of hydrogen-bond acceptors (Lipinski definition) is 4. The molecule has 1 aromatic carbocycles. The lowest BCUT2D eigenvalue weighted by atomic mass is 10.1. The molecule has 98 valence electrons. The molecule has 0 saturated carbocycles. The maximum Gasteiger partial charge on any atom is 0.155 e. The molecule has 0 bridgehead atoms. The third-order valence-corrected chi connectivity index (χ3v) is 4.21. The largest absolute Gasteiger partial charge is 0.382 e. The van der Waals surface area contributed by atoms with Gasteiger partial charge in [0, 0.05) is 5.69 Å². The van der Waals surface area contributed by atoms with E-state index in [9.17, 15) is 0 Å². The molecule has 4 nitrogen and oxygen atoms in total. The van der Waals surface area contributed by atoms with Gasteiger partial charge >= 0.3 is 0 Å². The number of nitrogen functional groups attached to an aromatic ring is 1. The zero-order chi connectivity index (χ0) is 13.2. The number of unbranched alkanes of at least 4 members (excludes halogenated alkanes) is 1. The molecule has 0 amide bonds. The van der Waals surface area contributed by atoms with E-state index in [1.165, 1.54) is 4.70 Å². The van der Waals surface area contributed by atoms with Crippen molar-refractivity contribution in [2.24, 2.45) is 0 Å². The average Bonchev–Trinajstić information content (AvgIpc) is 2.99. The van der Waals surface area contributed by atoms with Crippen LogP contribution in [0.25, 0.3) is 20.8 Å². The summed E-state index contributed by atoms with van der Waals surface area (Å²) in [5, 5.41) is 8.14. The van der Waals surface area contributed by atoms with Crippen LogP contribution in [0.4, 0.5) is 5.82 Å². The number of para-hydroxylation sites is 1. The van der Waals surface area contributed by atoms with Gasteiger partial charge in [-0.2, -0.15) is 5.10 Å². The summed E-state index contributed by atoms with van der Waals surface area (Å²) in [6.45, 7) is 2.18. The number of nitrogens with zero attached hydrogens (tertiary/aromatic N) is 2. The van der Waals surface area contributed by atoms with E-state index in [0.29, 0.717) is 5.82 Å². The lowest BCUT2D eigenvalue weighted by Crippen LogP contribution is -1.91. The highest BCUT2D eigenvalue weighted by Crippen LogP contribution is 2.35. The molecule has 3 rings (SSSR count). The first-order valence-electron chi connectivity index (χ1n) is 6.48. The molecule has 3 aromatic rings. The lowest BCUT2D eigenvalue weighted by molar-refractivity contribution is 0.773. The highest BCUT2D eigenvalue weighted by atomic mass is 32.1. The summed E-state index contributed by atoms with van der Waals surface area (Å²) < 4.78 is 1.18. The van der Waals surface area contributed by atoms with Crippen LogP contribution < -0.4 is 5.73 Å². The molecule has 2 heterocycles. The number of benzene rings is 1. The maximum absolute atomic E-state index is 5.99. The fourth-order valence-corrected chi connectivity index (χ4v) is 3.19. The maximum atomic E-state index is 5.99. The van der Waals surface area contributed by atoms with Crippen molar-refractivity contribution in [2.45, 2.75) is 26.2 Å². The number of rotatable bonds is 4. The molecule has 0 saturated heterocycles. The number of aryl methyl sites for hydroxylation is 1. The van der Waals surface area contributed by atoms with Crippen LogP contribution >= 0.6 is 11.3 Å². The molecule has 0 fully saturated rings. The Morgan fingerprint density at radius 1 is 1.32 bits per heavy atom. The van der Waals surface area contributed by atoms with E-state index < -0.39 is 0 Å². The van der Waals surface area contributed by atoms with Gasteiger partial charge in [0.1, 0.15) is 5.01 Å². The second-order valence-corrected chi connectivity index (χ2v) is 5.58. The summed E-state index contributed by atoms with van der Waals surface area (Å²) in [5.74, 6) is 0.546. The van der Waals surface area contributed by atoms with Crippen LogP contribution in [0, 0.1) is 0 Å². The first-order valence-corrected chi connectivity index (χ1v) is 7.30. The minimum Gasteiger partial charge on any atom is -0.382 e. The van der Waals surface area contributed by atoms with E-state index in [1.54, 1.807) is 11.3 Å². The fraction of sp³-hybridized carbons (Fsp3) is 0.286. The number of nitrogens with two attached hydrogens (primary N) is 1. The Bertz CT molecular complexity index is 665. The van der Waals surface area contributed by atoms with Gasteiger partial charge in [-0.3, -0.25) is 5.10 Å². The smallest absolute Gasteiger partial charge is 0.155 e. The molecular formula is C14H16N4S. The number of nitrogens with one attached hydrogen (secondary N) is 1. The number of hydrogen-bond donors (Lipinski definition) is 2. The van der Waals surface area contributed by atoms with Gasteiger partial charge in [0.2, 0.25) is 0 Å². The molecule has 5 heteroatoms.